The number of nitrogens with one attached hydrogen (secondary N) is 5. The molecule has 3 fully saturated rings. The van der Waals surface area contributed by atoms with Crippen molar-refractivity contribution < 1.29 is 9.59 Å². The molecule has 0 radical (unpaired) electrons. The standard InChI is InChI=1S/C36H53N7O2/c1-34(2,3)20-18-29(26-12-14-27(15-13-26)32(44)38-24-30-40-42-41-30)43-33(45)31(37-23-19-25-10-8-7-9-11-25)39-36(43)21-16-28(17-22-36)35(4,5)6/h7-15,28-30,40-42H,16-24H2,1-6H3,(H,37,39)(H,38,44)/t28?,29-,36?/m1/s1. The minimum Gasteiger partial charge on any atom is -0.349 e. The lowest BCUT2D eigenvalue weighted by Crippen LogP contribution is -2.72. The van der Waals surface area contributed by atoms with E-state index in [1.807, 2.05) is 42.5 Å². The van der Waals surface area contributed by atoms with Crippen molar-refractivity contribution in [2.24, 2.45) is 21.7 Å². The largest absolute Gasteiger partial charge is 0.349 e. The first-order valence-corrected chi connectivity index (χ1v) is 16.7. The Bertz CT molecular complexity index is 1330. The van der Waals surface area contributed by atoms with Gasteiger partial charge in [0.2, 0.25) is 0 Å². The third kappa shape index (κ3) is 8.12. The minimum absolute atomic E-state index is 0.00731. The van der Waals surface area contributed by atoms with Crippen LogP contribution in [0.1, 0.15) is 108 Å². The Morgan fingerprint density at radius 2 is 1.67 bits per heavy atom. The van der Waals surface area contributed by atoms with Crippen LogP contribution >= 0.6 is 0 Å². The Hall–Kier alpha value is -3.27. The van der Waals surface area contributed by atoms with Gasteiger partial charge in [-0.3, -0.25) is 14.6 Å². The molecule has 1 atom stereocenters. The number of amidine groups is 1. The van der Waals surface area contributed by atoms with E-state index in [4.69, 9.17) is 4.99 Å². The summed E-state index contributed by atoms with van der Waals surface area (Å²) in [7, 11) is 0. The van der Waals surface area contributed by atoms with Crippen LogP contribution in [0.25, 0.3) is 0 Å². The van der Waals surface area contributed by atoms with E-state index in [9.17, 15) is 9.59 Å². The lowest BCUT2D eigenvalue weighted by molar-refractivity contribution is -0.133. The van der Waals surface area contributed by atoms with Crippen molar-refractivity contribution in [3.05, 3.63) is 71.3 Å². The monoisotopic (exact) mass is 615 g/mol. The van der Waals surface area contributed by atoms with Gasteiger partial charge in [0.25, 0.3) is 11.8 Å². The first-order valence-electron chi connectivity index (χ1n) is 16.7. The number of hydrogen-bond donors (Lipinski definition) is 5. The highest BCUT2D eigenvalue weighted by molar-refractivity contribution is 6.40. The summed E-state index contributed by atoms with van der Waals surface area (Å²) >= 11 is 0. The van der Waals surface area contributed by atoms with Gasteiger partial charge in [-0.25, -0.2) is 10.9 Å². The van der Waals surface area contributed by atoms with Crippen LogP contribution in [0, 0.1) is 16.7 Å². The molecule has 2 heterocycles. The molecule has 9 heteroatoms. The maximum absolute atomic E-state index is 14.4. The van der Waals surface area contributed by atoms with Crippen LogP contribution in [0.5, 0.6) is 0 Å². The summed E-state index contributed by atoms with van der Waals surface area (Å²) in [5, 5.41) is 6.69. The zero-order valence-electron chi connectivity index (χ0n) is 28.0. The van der Waals surface area contributed by atoms with E-state index >= 15 is 0 Å². The van der Waals surface area contributed by atoms with E-state index in [0.717, 1.165) is 50.5 Å². The number of carbonyl (C=O) groups is 2. The van der Waals surface area contributed by atoms with Crippen molar-refractivity contribution in [1.82, 2.24) is 31.9 Å². The number of carbonyl (C=O) groups excluding carboxylic acids is 2. The van der Waals surface area contributed by atoms with E-state index in [1.165, 1.54) is 5.56 Å². The molecule has 0 aromatic heterocycles. The van der Waals surface area contributed by atoms with Crippen molar-refractivity contribution in [1.29, 1.82) is 0 Å². The predicted molar refractivity (Wildman–Crippen MR) is 180 cm³/mol. The summed E-state index contributed by atoms with van der Waals surface area (Å²) in [6.45, 7) is 14.8. The first-order chi connectivity index (χ1) is 21.3. The highest BCUT2D eigenvalue weighted by atomic mass is 16.2. The summed E-state index contributed by atoms with van der Waals surface area (Å²) in [5.74, 6) is 0.969. The molecule has 3 aliphatic rings. The minimum atomic E-state index is -0.472. The Balaban J connectivity index is 1.43. The quantitative estimate of drug-likeness (QED) is 0.251. The normalized spacial score (nSPS) is 24.0. The van der Waals surface area contributed by atoms with Crippen LogP contribution in [0.2, 0.25) is 0 Å². The number of hydrogen-bond acceptors (Lipinski definition) is 6. The summed E-state index contributed by atoms with van der Waals surface area (Å²) in [4.78, 5) is 34.3. The lowest BCUT2D eigenvalue weighted by atomic mass is 9.69. The average Bonchev–Trinajstić information content (AvgIpc) is 3.22. The number of aliphatic imine (C=N–C) groups is 1. The van der Waals surface area contributed by atoms with Gasteiger partial charge >= 0.3 is 0 Å². The molecule has 1 aliphatic carbocycles. The topological polar surface area (TPSA) is 110 Å². The van der Waals surface area contributed by atoms with Gasteiger partial charge in [0.05, 0.1) is 6.04 Å². The molecule has 2 aliphatic heterocycles. The van der Waals surface area contributed by atoms with Crippen molar-refractivity contribution in [3.8, 4) is 0 Å². The molecule has 2 saturated heterocycles. The van der Waals surface area contributed by atoms with Gasteiger partial charge < -0.3 is 15.5 Å². The molecule has 5 rings (SSSR count). The molecule has 2 aromatic rings. The molecule has 0 unspecified atom stereocenters. The summed E-state index contributed by atoms with van der Waals surface area (Å²) in [6.07, 6.45) is 6.49. The van der Waals surface area contributed by atoms with Crippen LogP contribution in [0.4, 0.5) is 0 Å². The molecule has 1 saturated carbocycles. The third-order valence-corrected chi connectivity index (χ3v) is 9.78. The fourth-order valence-electron chi connectivity index (χ4n) is 6.90. The van der Waals surface area contributed by atoms with E-state index in [1.54, 1.807) is 0 Å². The zero-order chi connectivity index (χ0) is 32.2. The maximum Gasteiger partial charge on any atom is 0.291 e. The van der Waals surface area contributed by atoms with Gasteiger partial charge in [-0.2, -0.15) is 5.53 Å². The highest BCUT2D eigenvalue weighted by Gasteiger charge is 2.53. The van der Waals surface area contributed by atoms with Crippen LogP contribution < -0.4 is 27.0 Å². The molecule has 2 amide bonds. The van der Waals surface area contributed by atoms with Crippen molar-refractivity contribution in [3.63, 3.8) is 0 Å². The second kappa shape index (κ2) is 13.6. The Kier molecular flexibility index (Phi) is 10.0. The lowest BCUT2D eigenvalue weighted by Gasteiger charge is -2.48. The number of benzene rings is 2. The Morgan fingerprint density at radius 1 is 1.00 bits per heavy atom. The second-order valence-corrected chi connectivity index (χ2v) is 15.4. The molecule has 45 heavy (non-hydrogen) atoms. The smallest absolute Gasteiger partial charge is 0.291 e. The van der Waals surface area contributed by atoms with Crippen LogP contribution in [-0.2, 0) is 11.2 Å². The van der Waals surface area contributed by atoms with Crippen molar-refractivity contribution in [2.45, 2.75) is 104 Å². The number of hydrazine groups is 2. The molecule has 244 valence electrons. The maximum atomic E-state index is 14.4. The van der Waals surface area contributed by atoms with Crippen molar-refractivity contribution >= 4 is 17.6 Å². The van der Waals surface area contributed by atoms with Crippen LogP contribution in [0.15, 0.2) is 59.6 Å². The van der Waals surface area contributed by atoms with Gasteiger partial charge in [0.1, 0.15) is 11.8 Å². The molecule has 1 spiro atoms. The molecule has 9 nitrogen and oxygen atoms in total. The first kappa shape index (κ1) is 33.1. The fraction of sp³-hybridized carbons (Fsp3) is 0.583. The molecular weight excluding hydrogens is 562 g/mol. The zero-order valence-corrected chi connectivity index (χ0v) is 28.0. The van der Waals surface area contributed by atoms with E-state index in [2.05, 4.69) is 85.6 Å². The number of rotatable bonds is 10. The SMILES string of the molecule is CC(C)(C)CC[C@H](c1ccc(C(=O)NCC2NNN2)cc1)N1C(=O)C(=NCCc2ccccc2)NC12CCC(C(C)(C)C)CC2. The number of nitrogens with zero attached hydrogens (tertiary/aromatic N) is 2. The van der Waals surface area contributed by atoms with Crippen LogP contribution in [-0.4, -0.2) is 47.5 Å². The Morgan fingerprint density at radius 3 is 2.24 bits per heavy atom. The average molecular weight is 616 g/mol. The van der Waals surface area contributed by atoms with E-state index < -0.39 is 5.66 Å². The van der Waals surface area contributed by atoms with Gasteiger partial charge in [-0.1, -0.05) is 84.0 Å². The predicted octanol–water partition coefficient (Wildman–Crippen LogP) is 5.23. The van der Waals surface area contributed by atoms with E-state index in [0.29, 0.717) is 30.4 Å². The Labute approximate surface area is 269 Å². The van der Waals surface area contributed by atoms with E-state index in [-0.39, 0.29) is 34.9 Å². The summed E-state index contributed by atoms with van der Waals surface area (Å²) < 4.78 is 0. The van der Waals surface area contributed by atoms with Gasteiger partial charge in [0.15, 0.2) is 5.84 Å². The van der Waals surface area contributed by atoms with Gasteiger partial charge in [-0.15, -0.1) is 0 Å². The second-order valence-electron chi connectivity index (χ2n) is 15.4. The molecule has 5 N–H and O–H groups in total. The van der Waals surface area contributed by atoms with Crippen molar-refractivity contribution in [2.75, 3.05) is 13.1 Å². The van der Waals surface area contributed by atoms with Gasteiger partial charge in [-0.05, 0) is 85.0 Å². The van der Waals surface area contributed by atoms with Crippen LogP contribution in [0.3, 0.4) is 0 Å². The highest BCUT2D eigenvalue weighted by Crippen LogP contribution is 2.48. The molecular formula is C36H53N7O2. The third-order valence-electron chi connectivity index (χ3n) is 9.78. The fourth-order valence-corrected chi connectivity index (χ4v) is 6.90. The molecule has 0 bridgehead atoms. The number of amides is 2. The summed E-state index contributed by atoms with van der Waals surface area (Å²) in [6, 6.07) is 18.0. The van der Waals surface area contributed by atoms with Gasteiger partial charge in [0, 0.05) is 18.7 Å². The molecule has 2 aromatic carbocycles. The summed E-state index contributed by atoms with van der Waals surface area (Å²) in [5.41, 5.74) is 11.4.